The number of nitrogens with zero attached hydrogens (tertiary/aromatic N) is 6. The summed E-state index contributed by atoms with van der Waals surface area (Å²) in [5, 5.41) is 0.766. The molecule has 44 heavy (non-hydrogen) atoms. The maximum Gasteiger partial charge on any atom is 0.264 e. The highest BCUT2D eigenvalue weighted by molar-refractivity contribution is 7.92. The quantitative estimate of drug-likeness (QED) is 0.279. The Kier molecular flexibility index (Phi) is 9.01. The highest BCUT2D eigenvalue weighted by Gasteiger charge is 2.24. The molecule has 14 heteroatoms. The van der Waals surface area contributed by atoms with Gasteiger partial charge in [0, 0.05) is 62.0 Å². The summed E-state index contributed by atoms with van der Waals surface area (Å²) >= 11 is 0. The van der Waals surface area contributed by atoms with Crippen LogP contribution in [0.15, 0.2) is 72.0 Å². The number of hydrogen-bond acceptors (Lipinski definition) is 9. The summed E-state index contributed by atoms with van der Waals surface area (Å²) < 4.78 is 61.2. The van der Waals surface area contributed by atoms with Gasteiger partial charge < -0.3 is 19.4 Å². The monoisotopic (exact) mass is 623 g/mol. The Labute approximate surface area is 253 Å². The average Bonchev–Trinajstić information content (AvgIpc) is 3.00. The van der Waals surface area contributed by atoms with Crippen molar-refractivity contribution in [3.8, 4) is 17.0 Å². The van der Waals surface area contributed by atoms with Crippen LogP contribution in [-0.4, -0.2) is 93.0 Å². The molecule has 1 aliphatic rings. The van der Waals surface area contributed by atoms with E-state index in [-0.39, 0.29) is 17.5 Å². The number of nitrogens with one attached hydrogen (secondary N) is 1. The minimum absolute atomic E-state index is 0.0260. The van der Waals surface area contributed by atoms with Gasteiger partial charge >= 0.3 is 0 Å². The maximum absolute atomic E-state index is 14.3. The third-order valence-corrected chi connectivity index (χ3v) is 8.44. The summed E-state index contributed by atoms with van der Waals surface area (Å²) in [5.41, 5.74) is 1.91. The molecule has 5 rings (SSSR count). The molecule has 1 saturated heterocycles. The molecule has 1 amide bonds. The van der Waals surface area contributed by atoms with Gasteiger partial charge in [0.15, 0.2) is 0 Å². The number of methoxy groups -OCH3 is 1. The lowest BCUT2D eigenvalue weighted by Gasteiger charge is -2.35. The number of fused-ring (bicyclic) bond motifs is 1. The second kappa shape index (κ2) is 12.9. The molecule has 2 aromatic carbocycles. The molecule has 11 nitrogen and oxygen atoms in total. The maximum atomic E-state index is 14.3. The number of carbonyl (C=O) groups is 1. The number of benzene rings is 2. The molecule has 3 heterocycles. The summed E-state index contributed by atoms with van der Waals surface area (Å²) in [7, 11) is 0.763. The Bertz CT molecular complexity index is 1830. The Balaban J connectivity index is 1.41. The van der Waals surface area contributed by atoms with Crippen LogP contribution < -0.4 is 14.4 Å². The number of halogens is 2. The van der Waals surface area contributed by atoms with Crippen LogP contribution in [0.3, 0.4) is 0 Å². The van der Waals surface area contributed by atoms with Gasteiger partial charge in [-0.15, -0.1) is 0 Å². The lowest BCUT2D eigenvalue weighted by Crippen LogP contribution is -2.48. The second-order valence-electron chi connectivity index (χ2n) is 10.4. The standard InChI is InChI=1S/C30H31F2N7O4S/c1-37(2)10-4-5-28(40)38-11-13-39(14-12-38)29-23-15-20(6-8-25(23)34-19-35-29)21-16-26(30(43-3)33-18-21)36-44(41,42)27-9-7-22(31)17-24(27)32/h4-9,15-19,36H,10-14H2,1-3H3/b5-4+. The zero-order valence-corrected chi connectivity index (χ0v) is 25.2. The fraction of sp³-hybridized carbons (Fsp3) is 0.267. The molecule has 4 aromatic rings. The highest BCUT2D eigenvalue weighted by Crippen LogP contribution is 2.33. The second-order valence-corrected chi connectivity index (χ2v) is 12.0. The molecule has 230 valence electrons. The van der Waals surface area contributed by atoms with Crippen LogP contribution in [0.25, 0.3) is 22.0 Å². The SMILES string of the molecule is COc1ncc(-c2ccc3ncnc(N4CCN(C(=O)/C=C/CN(C)C)CC4)c3c2)cc1NS(=O)(=O)c1ccc(F)cc1F. The van der Waals surface area contributed by atoms with Crippen LogP contribution in [0, 0.1) is 11.6 Å². The average molecular weight is 624 g/mol. The third-order valence-electron chi connectivity index (χ3n) is 7.04. The predicted molar refractivity (Wildman–Crippen MR) is 163 cm³/mol. The van der Waals surface area contributed by atoms with Crippen molar-refractivity contribution in [2.75, 3.05) is 63.6 Å². The molecule has 1 N–H and O–H groups in total. The number of pyridine rings is 1. The molecule has 2 aromatic heterocycles. The smallest absolute Gasteiger partial charge is 0.264 e. The van der Waals surface area contributed by atoms with Gasteiger partial charge in [0.1, 0.15) is 34.4 Å². The van der Waals surface area contributed by atoms with E-state index in [4.69, 9.17) is 4.74 Å². The molecule has 0 aliphatic carbocycles. The number of rotatable bonds is 9. The number of anilines is 2. The molecule has 1 aliphatic heterocycles. The number of likely N-dealkylation sites (N-methyl/N-ethyl adjacent to an activating group) is 1. The molecule has 0 unspecified atom stereocenters. The van der Waals surface area contributed by atoms with E-state index in [1.165, 1.54) is 25.7 Å². The van der Waals surface area contributed by atoms with Crippen molar-refractivity contribution >= 4 is 38.3 Å². The first kappa shape index (κ1) is 30.8. The van der Waals surface area contributed by atoms with Crippen LogP contribution in [-0.2, 0) is 14.8 Å². The Morgan fingerprint density at radius 2 is 1.80 bits per heavy atom. The Morgan fingerprint density at radius 3 is 2.50 bits per heavy atom. The van der Waals surface area contributed by atoms with E-state index in [1.54, 1.807) is 11.0 Å². The fourth-order valence-electron chi connectivity index (χ4n) is 4.82. The van der Waals surface area contributed by atoms with Crippen molar-refractivity contribution in [1.29, 1.82) is 0 Å². The van der Waals surface area contributed by atoms with Crippen LogP contribution in [0.1, 0.15) is 0 Å². The number of amides is 1. The van der Waals surface area contributed by atoms with Gasteiger partial charge in [-0.2, -0.15) is 0 Å². The van der Waals surface area contributed by atoms with Gasteiger partial charge in [-0.1, -0.05) is 12.1 Å². The highest BCUT2D eigenvalue weighted by atomic mass is 32.2. The lowest BCUT2D eigenvalue weighted by molar-refractivity contribution is -0.126. The van der Waals surface area contributed by atoms with Gasteiger partial charge in [0.2, 0.25) is 11.8 Å². The summed E-state index contributed by atoms with van der Waals surface area (Å²) in [4.78, 5) is 31.0. The van der Waals surface area contributed by atoms with Crippen LogP contribution in [0.5, 0.6) is 5.88 Å². The largest absolute Gasteiger partial charge is 0.480 e. The normalized spacial score (nSPS) is 14.0. The van der Waals surface area contributed by atoms with Crippen molar-refractivity contribution in [2.24, 2.45) is 0 Å². The van der Waals surface area contributed by atoms with E-state index in [9.17, 15) is 22.0 Å². The van der Waals surface area contributed by atoms with Crippen LogP contribution >= 0.6 is 0 Å². The van der Waals surface area contributed by atoms with E-state index >= 15 is 0 Å². The molecular formula is C30H31F2N7O4S. The van der Waals surface area contributed by atoms with Crippen molar-refractivity contribution in [1.82, 2.24) is 24.8 Å². The number of aromatic nitrogens is 3. The van der Waals surface area contributed by atoms with Crippen molar-refractivity contribution in [2.45, 2.75) is 4.90 Å². The lowest BCUT2D eigenvalue weighted by atomic mass is 10.0. The Hall–Kier alpha value is -4.69. The van der Waals surface area contributed by atoms with E-state index < -0.39 is 26.6 Å². The molecule has 0 spiro atoms. The van der Waals surface area contributed by atoms with E-state index in [0.717, 1.165) is 17.5 Å². The zero-order chi connectivity index (χ0) is 31.4. The summed E-state index contributed by atoms with van der Waals surface area (Å²) in [6, 6.07) is 9.25. The van der Waals surface area contributed by atoms with Crippen molar-refractivity contribution < 1.29 is 26.7 Å². The zero-order valence-electron chi connectivity index (χ0n) is 24.4. The molecule has 1 fully saturated rings. The molecule has 0 saturated carbocycles. The number of ether oxygens (including phenoxy) is 1. The topological polar surface area (TPSA) is 121 Å². The predicted octanol–water partition coefficient (Wildman–Crippen LogP) is 3.55. The summed E-state index contributed by atoms with van der Waals surface area (Å²) in [6.07, 6.45) is 6.47. The van der Waals surface area contributed by atoms with Crippen LogP contribution in [0.4, 0.5) is 20.3 Å². The molecule has 0 radical (unpaired) electrons. The van der Waals surface area contributed by atoms with Gasteiger partial charge in [0.25, 0.3) is 10.0 Å². The summed E-state index contributed by atoms with van der Waals surface area (Å²) in [5.74, 6) is -1.48. The minimum atomic E-state index is -4.44. The fourth-order valence-corrected chi connectivity index (χ4v) is 5.93. The number of hydrogen-bond donors (Lipinski definition) is 1. The first-order valence-electron chi connectivity index (χ1n) is 13.7. The van der Waals surface area contributed by atoms with Gasteiger partial charge in [-0.3, -0.25) is 9.52 Å². The van der Waals surface area contributed by atoms with Gasteiger partial charge in [0.05, 0.1) is 12.6 Å². The molecule has 0 atom stereocenters. The number of sulfonamides is 1. The van der Waals surface area contributed by atoms with Crippen molar-refractivity contribution in [3.05, 3.63) is 78.8 Å². The van der Waals surface area contributed by atoms with Gasteiger partial charge in [-0.25, -0.2) is 32.2 Å². The third kappa shape index (κ3) is 6.76. The van der Waals surface area contributed by atoms with Crippen LogP contribution in [0.2, 0.25) is 0 Å². The van der Waals surface area contributed by atoms with Gasteiger partial charge in [-0.05, 0) is 50.0 Å². The van der Waals surface area contributed by atoms with E-state index in [0.29, 0.717) is 61.3 Å². The number of carbonyl (C=O) groups excluding carboxylic acids is 1. The molecule has 0 bridgehead atoms. The molecular weight excluding hydrogens is 592 g/mol. The first-order chi connectivity index (χ1) is 21.1. The van der Waals surface area contributed by atoms with Crippen molar-refractivity contribution in [3.63, 3.8) is 0 Å². The Morgan fingerprint density at radius 1 is 1.02 bits per heavy atom. The number of piperazine rings is 1. The van der Waals surface area contributed by atoms with E-state index in [2.05, 4.69) is 24.6 Å². The van der Waals surface area contributed by atoms with E-state index in [1.807, 2.05) is 43.3 Å². The minimum Gasteiger partial charge on any atom is -0.480 e. The first-order valence-corrected chi connectivity index (χ1v) is 15.2. The summed E-state index contributed by atoms with van der Waals surface area (Å²) in [6.45, 7) is 2.93.